The number of carbonyl (C=O) groups is 1. The van der Waals surface area contributed by atoms with Gasteiger partial charge in [-0.3, -0.25) is 4.79 Å². The van der Waals surface area contributed by atoms with E-state index in [0.717, 1.165) is 39.0 Å². The third kappa shape index (κ3) is 5.94. The van der Waals surface area contributed by atoms with Crippen LogP contribution in [0.25, 0.3) is 0 Å². The van der Waals surface area contributed by atoms with Crippen LogP contribution in [0.3, 0.4) is 0 Å². The molecule has 2 fully saturated rings. The second kappa shape index (κ2) is 9.81. The number of likely N-dealkylation sites (tertiary alicyclic amines) is 2. The van der Waals surface area contributed by atoms with E-state index in [1.165, 1.54) is 37.1 Å². The van der Waals surface area contributed by atoms with E-state index in [1.807, 2.05) is 4.90 Å². The number of hydrogen-bond acceptors (Lipinski definition) is 4. The zero-order valence-electron chi connectivity index (χ0n) is 17.8. The number of halogens is 3. The zero-order valence-corrected chi connectivity index (χ0v) is 17.8. The first-order valence-corrected chi connectivity index (χ1v) is 11.0. The molecular formula is C24H27F3N2O3. The predicted molar refractivity (Wildman–Crippen MR) is 114 cm³/mol. The van der Waals surface area contributed by atoms with E-state index in [2.05, 4.69) is 9.64 Å². The van der Waals surface area contributed by atoms with Crippen LogP contribution < -0.4 is 9.47 Å². The largest absolute Gasteiger partial charge is 0.573 e. The zero-order chi connectivity index (χ0) is 22.6. The quantitative estimate of drug-likeness (QED) is 0.607. The summed E-state index contributed by atoms with van der Waals surface area (Å²) in [7, 11) is 0. The van der Waals surface area contributed by atoms with Gasteiger partial charge in [-0.15, -0.1) is 13.2 Å². The molecule has 2 aliphatic heterocycles. The molecule has 0 aromatic heterocycles. The lowest BCUT2D eigenvalue weighted by atomic mass is 10.1. The SMILES string of the molecule is O=C(c1ccc(OCc2ccc(OC(F)(F)F)cc2)cc1)N1CCCC1CN1CCCC1. The molecule has 2 aromatic carbocycles. The van der Waals surface area contributed by atoms with E-state index in [0.29, 0.717) is 16.9 Å². The third-order valence-corrected chi connectivity index (χ3v) is 5.97. The normalized spacial score (nSPS) is 19.3. The highest BCUT2D eigenvalue weighted by molar-refractivity contribution is 5.94. The molecule has 0 aliphatic carbocycles. The predicted octanol–water partition coefficient (Wildman–Crippen LogP) is 4.86. The number of benzene rings is 2. The molecule has 32 heavy (non-hydrogen) atoms. The number of nitrogens with zero attached hydrogens (tertiary/aromatic N) is 2. The summed E-state index contributed by atoms with van der Waals surface area (Å²) in [6.45, 7) is 4.21. The standard InChI is InChI=1S/C24H27F3N2O3/c25-24(26,27)32-22-9-5-18(6-10-22)17-31-21-11-7-19(8-12-21)23(30)29-15-3-4-20(29)16-28-13-1-2-14-28/h5-12,20H,1-4,13-17H2. The van der Waals surface area contributed by atoms with E-state index in [9.17, 15) is 18.0 Å². The first-order valence-electron chi connectivity index (χ1n) is 11.0. The average molecular weight is 448 g/mol. The molecule has 0 N–H and O–H groups in total. The molecule has 2 saturated heterocycles. The summed E-state index contributed by atoms with van der Waals surface area (Å²) in [5.41, 5.74) is 1.35. The van der Waals surface area contributed by atoms with Gasteiger partial charge < -0.3 is 19.3 Å². The van der Waals surface area contributed by atoms with Crippen molar-refractivity contribution in [2.45, 2.75) is 44.7 Å². The van der Waals surface area contributed by atoms with Gasteiger partial charge in [0.05, 0.1) is 0 Å². The molecule has 0 bridgehead atoms. The van der Waals surface area contributed by atoms with Crippen LogP contribution in [0.2, 0.25) is 0 Å². The van der Waals surface area contributed by atoms with Crippen molar-refractivity contribution in [1.82, 2.24) is 9.80 Å². The Balaban J connectivity index is 1.30. The van der Waals surface area contributed by atoms with Crippen molar-refractivity contribution in [3.05, 3.63) is 59.7 Å². The van der Waals surface area contributed by atoms with Crippen LogP contribution >= 0.6 is 0 Å². The fourth-order valence-electron chi connectivity index (χ4n) is 4.37. The van der Waals surface area contributed by atoms with Crippen LogP contribution in [-0.2, 0) is 6.61 Å². The Morgan fingerprint density at radius 3 is 2.22 bits per heavy atom. The monoisotopic (exact) mass is 448 g/mol. The van der Waals surface area contributed by atoms with Gasteiger partial charge in [0.1, 0.15) is 18.1 Å². The van der Waals surface area contributed by atoms with Gasteiger partial charge >= 0.3 is 6.36 Å². The second-order valence-corrected chi connectivity index (χ2v) is 8.31. The Kier molecular flexibility index (Phi) is 6.89. The maximum absolute atomic E-state index is 13.0. The van der Waals surface area contributed by atoms with Crippen LogP contribution in [0, 0.1) is 0 Å². The molecule has 2 aromatic rings. The van der Waals surface area contributed by atoms with Crippen molar-refractivity contribution >= 4 is 5.91 Å². The molecule has 1 unspecified atom stereocenters. The number of amides is 1. The van der Waals surface area contributed by atoms with Crippen molar-refractivity contribution in [3.8, 4) is 11.5 Å². The molecule has 0 spiro atoms. The maximum Gasteiger partial charge on any atom is 0.573 e. The Morgan fingerprint density at radius 1 is 0.906 bits per heavy atom. The highest BCUT2D eigenvalue weighted by atomic mass is 19.4. The summed E-state index contributed by atoms with van der Waals surface area (Å²) in [6.07, 6.45) is -0.129. The van der Waals surface area contributed by atoms with Gasteiger partial charge in [-0.2, -0.15) is 0 Å². The molecule has 2 heterocycles. The molecule has 5 nitrogen and oxygen atoms in total. The van der Waals surface area contributed by atoms with Gasteiger partial charge in [-0.1, -0.05) is 12.1 Å². The van der Waals surface area contributed by atoms with Crippen molar-refractivity contribution in [2.75, 3.05) is 26.2 Å². The summed E-state index contributed by atoms with van der Waals surface area (Å²) in [4.78, 5) is 17.5. The molecule has 1 amide bonds. The Morgan fingerprint density at radius 2 is 1.56 bits per heavy atom. The summed E-state index contributed by atoms with van der Waals surface area (Å²) in [5, 5.41) is 0. The van der Waals surface area contributed by atoms with Crippen molar-refractivity contribution < 1.29 is 27.4 Å². The van der Waals surface area contributed by atoms with Crippen molar-refractivity contribution in [3.63, 3.8) is 0 Å². The number of carbonyl (C=O) groups excluding carboxylic acids is 1. The Hall–Kier alpha value is -2.74. The number of ether oxygens (including phenoxy) is 2. The first-order chi connectivity index (χ1) is 15.4. The third-order valence-electron chi connectivity index (χ3n) is 5.97. The number of alkyl halides is 3. The summed E-state index contributed by atoms with van der Waals surface area (Å²) in [6, 6.07) is 12.9. The van der Waals surface area contributed by atoms with E-state index >= 15 is 0 Å². The fraction of sp³-hybridized carbons (Fsp3) is 0.458. The van der Waals surface area contributed by atoms with Gasteiger partial charge in [0.2, 0.25) is 0 Å². The van der Waals surface area contributed by atoms with Crippen LogP contribution in [0.4, 0.5) is 13.2 Å². The maximum atomic E-state index is 13.0. The topological polar surface area (TPSA) is 42.0 Å². The number of hydrogen-bond donors (Lipinski definition) is 0. The summed E-state index contributed by atoms with van der Waals surface area (Å²) >= 11 is 0. The summed E-state index contributed by atoms with van der Waals surface area (Å²) < 4.78 is 46.3. The molecular weight excluding hydrogens is 421 g/mol. The minimum absolute atomic E-state index is 0.0542. The smallest absolute Gasteiger partial charge is 0.489 e. The summed E-state index contributed by atoms with van der Waals surface area (Å²) in [5.74, 6) is 0.375. The number of rotatable bonds is 7. The minimum Gasteiger partial charge on any atom is -0.489 e. The molecule has 0 saturated carbocycles. The van der Waals surface area contributed by atoms with Crippen LogP contribution in [0.5, 0.6) is 11.5 Å². The molecule has 0 radical (unpaired) electrons. The second-order valence-electron chi connectivity index (χ2n) is 8.31. The van der Waals surface area contributed by atoms with E-state index in [1.54, 1.807) is 24.3 Å². The van der Waals surface area contributed by atoms with Crippen LogP contribution in [0.1, 0.15) is 41.6 Å². The van der Waals surface area contributed by atoms with Gasteiger partial charge in [-0.25, -0.2) is 0 Å². The lowest BCUT2D eigenvalue weighted by Crippen LogP contribution is -2.42. The van der Waals surface area contributed by atoms with Gasteiger partial charge in [0.25, 0.3) is 5.91 Å². The highest BCUT2D eigenvalue weighted by Gasteiger charge is 2.32. The molecule has 8 heteroatoms. The molecule has 1 atom stereocenters. The molecule has 2 aliphatic rings. The van der Waals surface area contributed by atoms with Crippen molar-refractivity contribution in [2.24, 2.45) is 0 Å². The highest BCUT2D eigenvalue weighted by Crippen LogP contribution is 2.25. The average Bonchev–Trinajstić information content (AvgIpc) is 3.45. The fourth-order valence-corrected chi connectivity index (χ4v) is 4.37. The van der Waals surface area contributed by atoms with E-state index in [-0.39, 0.29) is 24.3 Å². The Labute approximate surface area is 185 Å². The molecule has 172 valence electrons. The van der Waals surface area contributed by atoms with Crippen molar-refractivity contribution in [1.29, 1.82) is 0 Å². The minimum atomic E-state index is -4.71. The van der Waals surface area contributed by atoms with Crippen LogP contribution in [-0.4, -0.2) is 54.3 Å². The van der Waals surface area contributed by atoms with Gasteiger partial charge in [0.15, 0.2) is 0 Å². The van der Waals surface area contributed by atoms with E-state index < -0.39 is 6.36 Å². The van der Waals surface area contributed by atoms with Gasteiger partial charge in [-0.05, 0) is 80.7 Å². The lowest BCUT2D eigenvalue weighted by Gasteiger charge is -2.28. The Bertz CT molecular complexity index is 894. The van der Waals surface area contributed by atoms with Gasteiger partial charge in [0, 0.05) is 24.7 Å². The van der Waals surface area contributed by atoms with E-state index in [4.69, 9.17) is 4.74 Å². The lowest BCUT2D eigenvalue weighted by molar-refractivity contribution is -0.274. The van der Waals surface area contributed by atoms with Crippen LogP contribution in [0.15, 0.2) is 48.5 Å². The first kappa shape index (κ1) is 22.5. The molecule has 4 rings (SSSR count).